The van der Waals surface area contributed by atoms with Gasteiger partial charge in [-0.05, 0) is 59.0 Å². The summed E-state index contributed by atoms with van der Waals surface area (Å²) in [7, 11) is 0. The first-order chi connectivity index (χ1) is 14.7. The first-order valence-electron chi connectivity index (χ1n) is 9.07. The number of carbonyl (C=O) groups is 1. The van der Waals surface area contributed by atoms with Crippen molar-refractivity contribution in [3.8, 4) is 5.69 Å². The maximum Gasteiger partial charge on any atom is 0.242 e. The minimum atomic E-state index is -0.0362. The van der Waals surface area contributed by atoms with E-state index in [2.05, 4.69) is 15.5 Å². The Kier molecular flexibility index (Phi) is 5.20. The molecule has 0 unspecified atom stereocenters. The molecule has 4 aromatic rings. The normalized spacial score (nSPS) is 12.4. The van der Waals surface area contributed by atoms with E-state index in [9.17, 15) is 4.79 Å². The summed E-state index contributed by atoms with van der Waals surface area (Å²) in [6, 6.07) is 23.1. The van der Waals surface area contributed by atoms with Crippen LogP contribution in [0.2, 0.25) is 5.02 Å². The highest BCUT2D eigenvalue weighted by Crippen LogP contribution is 2.48. The van der Waals surface area contributed by atoms with E-state index in [1.807, 2.05) is 60.7 Å². The summed E-state index contributed by atoms with van der Waals surface area (Å²) in [6.45, 7) is 0. The van der Waals surface area contributed by atoms with Gasteiger partial charge in [0, 0.05) is 14.8 Å². The number of amides is 1. The highest BCUT2D eigenvalue weighted by Gasteiger charge is 2.28. The predicted molar refractivity (Wildman–Crippen MR) is 119 cm³/mol. The van der Waals surface area contributed by atoms with Crippen molar-refractivity contribution in [3.05, 3.63) is 77.8 Å². The van der Waals surface area contributed by atoms with Gasteiger partial charge in [-0.15, -0.1) is 5.10 Å². The van der Waals surface area contributed by atoms with Gasteiger partial charge in [-0.2, -0.15) is 4.68 Å². The zero-order chi connectivity index (χ0) is 20.5. The van der Waals surface area contributed by atoms with Crippen molar-refractivity contribution in [1.82, 2.24) is 20.2 Å². The lowest BCUT2D eigenvalue weighted by molar-refractivity contribution is -0.115. The fourth-order valence-corrected chi connectivity index (χ4v) is 5.10. The summed E-state index contributed by atoms with van der Waals surface area (Å²) in [6.07, 6.45) is 0. The van der Waals surface area contributed by atoms with Gasteiger partial charge < -0.3 is 0 Å². The van der Waals surface area contributed by atoms with Gasteiger partial charge in [0.15, 0.2) is 0 Å². The van der Waals surface area contributed by atoms with E-state index in [-0.39, 0.29) is 11.7 Å². The molecule has 3 aromatic carbocycles. The van der Waals surface area contributed by atoms with Gasteiger partial charge in [-0.3, -0.25) is 9.69 Å². The number of carbonyl (C=O) groups excluding carboxylic acids is 1. The lowest BCUT2D eigenvalue weighted by atomic mass is 10.2. The van der Waals surface area contributed by atoms with Gasteiger partial charge in [-0.1, -0.05) is 59.4 Å². The second kappa shape index (κ2) is 8.14. The third-order valence-corrected chi connectivity index (χ3v) is 6.80. The van der Waals surface area contributed by atoms with E-state index >= 15 is 0 Å². The molecule has 0 fully saturated rings. The number of para-hydroxylation sites is 2. The Balaban J connectivity index is 1.41. The van der Waals surface area contributed by atoms with Gasteiger partial charge in [0.05, 0.1) is 22.8 Å². The van der Waals surface area contributed by atoms with E-state index in [0.29, 0.717) is 10.2 Å². The average molecular weight is 452 g/mol. The molecule has 0 saturated heterocycles. The van der Waals surface area contributed by atoms with E-state index in [0.717, 1.165) is 26.9 Å². The van der Waals surface area contributed by atoms with Crippen molar-refractivity contribution in [3.63, 3.8) is 0 Å². The summed E-state index contributed by atoms with van der Waals surface area (Å²) >= 11 is 8.94. The number of hydrogen-bond donors (Lipinski definition) is 0. The highest BCUT2D eigenvalue weighted by molar-refractivity contribution is 8.00. The first-order valence-corrected chi connectivity index (χ1v) is 11.2. The van der Waals surface area contributed by atoms with Crippen molar-refractivity contribution in [1.29, 1.82) is 0 Å². The molecule has 0 bridgehead atoms. The second-order valence-corrected chi connectivity index (χ2v) is 8.87. The van der Waals surface area contributed by atoms with Crippen molar-refractivity contribution in [2.24, 2.45) is 0 Å². The van der Waals surface area contributed by atoms with Crippen molar-refractivity contribution >= 4 is 52.4 Å². The summed E-state index contributed by atoms with van der Waals surface area (Å²) < 4.78 is 1.60. The molecule has 1 amide bonds. The zero-order valence-corrected chi connectivity index (χ0v) is 17.9. The molecule has 1 aliphatic rings. The molecular formula is C21H14ClN5OS2. The van der Waals surface area contributed by atoms with Crippen LogP contribution in [0.3, 0.4) is 0 Å². The van der Waals surface area contributed by atoms with Crippen molar-refractivity contribution in [2.75, 3.05) is 10.7 Å². The van der Waals surface area contributed by atoms with Gasteiger partial charge in [-0.25, -0.2) is 0 Å². The van der Waals surface area contributed by atoms with Crippen LogP contribution in [0.4, 0.5) is 11.4 Å². The first kappa shape index (κ1) is 19.2. The highest BCUT2D eigenvalue weighted by atomic mass is 35.5. The van der Waals surface area contributed by atoms with Crippen LogP contribution < -0.4 is 4.90 Å². The lowest BCUT2D eigenvalue weighted by Gasteiger charge is -2.30. The van der Waals surface area contributed by atoms with Crippen molar-refractivity contribution < 1.29 is 4.79 Å². The molecule has 5 rings (SSSR count). The minimum absolute atomic E-state index is 0.0362. The Morgan fingerprint density at radius 1 is 0.933 bits per heavy atom. The quantitative estimate of drug-likeness (QED) is 0.395. The number of tetrazole rings is 1. The number of anilines is 2. The summed E-state index contributed by atoms with van der Waals surface area (Å²) in [5.74, 6) is 0.159. The van der Waals surface area contributed by atoms with Crippen LogP contribution in [0, 0.1) is 0 Å². The Morgan fingerprint density at radius 2 is 1.57 bits per heavy atom. The Bertz CT molecular complexity index is 1180. The molecule has 6 nitrogen and oxygen atoms in total. The number of nitrogens with zero attached hydrogens (tertiary/aromatic N) is 5. The number of fused-ring (bicyclic) bond motifs is 2. The van der Waals surface area contributed by atoms with Crippen LogP contribution in [-0.4, -0.2) is 31.9 Å². The van der Waals surface area contributed by atoms with Crippen LogP contribution in [-0.2, 0) is 4.79 Å². The molecule has 0 aliphatic carbocycles. The fourth-order valence-electron chi connectivity index (χ4n) is 3.18. The minimum Gasteiger partial charge on any atom is -0.278 e. The SMILES string of the molecule is O=C(CSc1nnnn1-c1ccc(Cl)cc1)N1c2ccccc2Sc2ccccc21. The maximum absolute atomic E-state index is 13.3. The predicted octanol–water partition coefficient (Wildman–Crippen LogP) is 5.24. The van der Waals surface area contributed by atoms with Gasteiger partial charge in [0.1, 0.15) is 0 Å². The number of thioether (sulfide) groups is 1. The smallest absolute Gasteiger partial charge is 0.242 e. The zero-order valence-electron chi connectivity index (χ0n) is 15.5. The van der Waals surface area contributed by atoms with Crippen LogP contribution in [0.25, 0.3) is 5.69 Å². The van der Waals surface area contributed by atoms with E-state index in [1.54, 1.807) is 33.5 Å². The largest absolute Gasteiger partial charge is 0.278 e. The Labute approximate surface area is 186 Å². The van der Waals surface area contributed by atoms with Crippen LogP contribution in [0.1, 0.15) is 0 Å². The van der Waals surface area contributed by atoms with Crippen LogP contribution in [0.5, 0.6) is 0 Å². The van der Waals surface area contributed by atoms with Gasteiger partial charge in [0.2, 0.25) is 11.1 Å². The van der Waals surface area contributed by atoms with E-state index in [4.69, 9.17) is 11.6 Å². The van der Waals surface area contributed by atoms with Crippen molar-refractivity contribution in [2.45, 2.75) is 14.9 Å². The number of benzene rings is 3. The molecule has 148 valence electrons. The molecule has 30 heavy (non-hydrogen) atoms. The third kappa shape index (κ3) is 3.58. The van der Waals surface area contributed by atoms with Crippen LogP contribution >= 0.6 is 35.1 Å². The van der Waals surface area contributed by atoms with Gasteiger partial charge >= 0.3 is 0 Å². The third-order valence-electron chi connectivity index (χ3n) is 4.52. The standard InChI is InChI=1S/C21H14ClN5OS2/c22-14-9-11-15(12-10-14)27-21(23-24-25-27)29-13-20(28)26-16-5-1-3-7-18(16)30-19-8-4-2-6-17(19)26/h1-12H,13H2. The number of hydrogen-bond acceptors (Lipinski definition) is 6. The molecule has 0 radical (unpaired) electrons. The molecule has 0 atom stereocenters. The van der Waals surface area contributed by atoms with Crippen LogP contribution in [0.15, 0.2) is 87.7 Å². The molecule has 1 aliphatic heterocycles. The Morgan fingerprint density at radius 3 is 2.23 bits per heavy atom. The average Bonchev–Trinajstić information content (AvgIpc) is 3.25. The molecular weight excluding hydrogens is 438 g/mol. The monoisotopic (exact) mass is 451 g/mol. The fraction of sp³-hybridized carbons (Fsp3) is 0.0476. The van der Waals surface area contributed by atoms with Gasteiger partial charge in [0.25, 0.3) is 0 Å². The molecule has 9 heteroatoms. The molecule has 0 N–H and O–H groups in total. The Hall–Kier alpha value is -2.81. The second-order valence-electron chi connectivity index (χ2n) is 6.41. The summed E-state index contributed by atoms with van der Waals surface area (Å²) in [5.41, 5.74) is 2.57. The molecule has 2 heterocycles. The molecule has 1 aromatic heterocycles. The van der Waals surface area contributed by atoms with E-state index < -0.39 is 0 Å². The number of rotatable bonds is 4. The summed E-state index contributed by atoms with van der Waals surface area (Å²) in [4.78, 5) is 17.2. The molecule has 0 spiro atoms. The van der Waals surface area contributed by atoms with E-state index in [1.165, 1.54) is 11.8 Å². The number of aromatic nitrogens is 4. The number of halogens is 1. The lowest BCUT2D eigenvalue weighted by Crippen LogP contribution is -2.30. The maximum atomic E-state index is 13.3. The molecule has 0 saturated carbocycles. The summed E-state index contributed by atoms with van der Waals surface area (Å²) in [5, 5.41) is 13.1. The topological polar surface area (TPSA) is 63.9 Å².